The van der Waals surface area contributed by atoms with E-state index in [0.29, 0.717) is 33.8 Å². The van der Waals surface area contributed by atoms with Crippen LogP contribution < -0.4 is 21.7 Å². The van der Waals surface area contributed by atoms with E-state index in [1.165, 1.54) is 17.8 Å². The molecule has 2 aromatic heterocycles. The van der Waals surface area contributed by atoms with Crippen molar-refractivity contribution in [2.75, 3.05) is 42.8 Å². The Kier molecular flexibility index (Phi) is 4.03. The number of rotatable bonds is 4. The fourth-order valence-corrected chi connectivity index (χ4v) is 2.02. The molecule has 2 rings (SSSR count). The molecule has 10 heteroatoms. The topological polar surface area (TPSA) is 132 Å². The molecule has 2 heterocycles. The molecule has 9 nitrogen and oxygen atoms in total. The number of nitrogens with one attached hydrogen (secondary N) is 1. The predicted molar refractivity (Wildman–Crippen MR) is 78.7 cm³/mol. The van der Waals surface area contributed by atoms with Crippen LogP contribution >= 0.6 is 11.8 Å². The van der Waals surface area contributed by atoms with Crippen molar-refractivity contribution in [1.82, 2.24) is 24.9 Å². The maximum atomic E-state index is 5.63. The normalized spacial score (nSPS) is 10.3. The Balaban J connectivity index is 2.34. The summed E-state index contributed by atoms with van der Waals surface area (Å²) in [7, 11) is 5.43. The first kappa shape index (κ1) is 14.1. The molecule has 0 spiro atoms. The number of anilines is 4. The van der Waals surface area contributed by atoms with Gasteiger partial charge in [-0.15, -0.1) is 0 Å². The molecule has 0 radical (unpaired) electrons. The second-order valence-corrected chi connectivity index (χ2v) is 4.92. The first-order chi connectivity index (χ1) is 9.47. The van der Waals surface area contributed by atoms with Gasteiger partial charge in [-0.05, 0) is 11.8 Å². The Labute approximate surface area is 120 Å². The van der Waals surface area contributed by atoms with Gasteiger partial charge in [-0.3, -0.25) is 0 Å². The first-order valence-corrected chi connectivity index (χ1v) is 6.48. The molecular weight excluding hydrogens is 278 g/mol. The fraction of sp³-hybridized carbons (Fsp3) is 0.300. The molecule has 0 aromatic carbocycles. The molecule has 0 bridgehead atoms. The molecule has 0 aliphatic carbocycles. The molecule has 106 valence electrons. The number of nitrogens with two attached hydrogens (primary N) is 2. The van der Waals surface area contributed by atoms with Crippen LogP contribution in [-0.2, 0) is 0 Å². The minimum absolute atomic E-state index is 0.302. The van der Waals surface area contributed by atoms with Gasteiger partial charge in [0.1, 0.15) is 11.6 Å². The van der Waals surface area contributed by atoms with E-state index in [0.717, 1.165) is 0 Å². The van der Waals surface area contributed by atoms with Gasteiger partial charge in [0.15, 0.2) is 5.16 Å². The molecule has 0 aliphatic heterocycles. The van der Waals surface area contributed by atoms with Crippen LogP contribution in [0.3, 0.4) is 0 Å². The third-order valence-corrected chi connectivity index (χ3v) is 2.88. The maximum absolute atomic E-state index is 5.63. The third kappa shape index (κ3) is 3.35. The molecule has 0 atom stereocenters. The summed E-state index contributed by atoms with van der Waals surface area (Å²) in [5.74, 6) is 1.60. The zero-order valence-electron chi connectivity index (χ0n) is 11.3. The summed E-state index contributed by atoms with van der Waals surface area (Å²) in [5, 5.41) is 3.72. The lowest BCUT2D eigenvalue weighted by Gasteiger charge is -2.11. The quantitative estimate of drug-likeness (QED) is 0.666. The maximum Gasteiger partial charge on any atom is 0.230 e. The monoisotopic (exact) mass is 293 g/mol. The first-order valence-electron chi connectivity index (χ1n) is 5.67. The lowest BCUT2D eigenvalue weighted by Crippen LogP contribution is -2.15. The third-order valence-electron chi connectivity index (χ3n) is 2.15. The summed E-state index contributed by atoms with van der Waals surface area (Å²) in [5.41, 5.74) is 11.3. The zero-order chi connectivity index (χ0) is 14.7. The summed E-state index contributed by atoms with van der Waals surface area (Å²) in [6, 6.07) is 1.49. The summed E-state index contributed by atoms with van der Waals surface area (Å²) in [6.45, 7) is 0. The highest BCUT2D eigenvalue weighted by Crippen LogP contribution is 2.24. The van der Waals surface area contributed by atoms with Crippen LogP contribution in [0.2, 0.25) is 0 Å². The van der Waals surface area contributed by atoms with Crippen molar-refractivity contribution >= 4 is 35.3 Å². The van der Waals surface area contributed by atoms with Crippen LogP contribution in [0.4, 0.5) is 23.5 Å². The second-order valence-electron chi connectivity index (χ2n) is 3.99. The fourth-order valence-electron chi connectivity index (χ4n) is 1.29. The number of hydrogen-bond acceptors (Lipinski definition) is 10. The highest BCUT2D eigenvalue weighted by atomic mass is 32.2. The smallest absolute Gasteiger partial charge is 0.230 e. The van der Waals surface area contributed by atoms with E-state index in [9.17, 15) is 0 Å². The van der Waals surface area contributed by atoms with E-state index in [1.54, 1.807) is 11.9 Å². The summed E-state index contributed by atoms with van der Waals surface area (Å²) >= 11 is 1.17. The van der Waals surface area contributed by atoms with Crippen molar-refractivity contribution in [1.29, 1.82) is 0 Å². The van der Waals surface area contributed by atoms with Crippen molar-refractivity contribution in [2.24, 2.45) is 0 Å². The van der Waals surface area contributed by atoms with Crippen LogP contribution in [0.15, 0.2) is 16.4 Å². The van der Waals surface area contributed by atoms with E-state index in [2.05, 4.69) is 30.2 Å². The highest BCUT2D eigenvalue weighted by molar-refractivity contribution is 7.99. The van der Waals surface area contributed by atoms with E-state index in [-0.39, 0.29) is 0 Å². The van der Waals surface area contributed by atoms with Crippen molar-refractivity contribution < 1.29 is 0 Å². The molecule has 0 saturated heterocycles. The molecular formula is C10H15N9S. The SMILES string of the molecule is CNc1nc(Sc2nc(N)cc(N)n2)nc(N(C)C)n1. The summed E-state index contributed by atoms with van der Waals surface area (Å²) in [4.78, 5) is 22.7. The van der Waals surface area contributed by atoms with Crippen LogP contribution in [0.5, 0.6) is 0 Å². The Morgan fingerprint density at radius 3 is 2.15 bits per heavy atom. The Hall–Kier alpha value is -2.36. The molecule has 0 amide bonds. The lowest BCUT2D eigenvalue weighted by atomic mass is 10.5. The lowest BCUT2D eigenvalue weighted by molar-refractivity contribution is 0.863. The Morgan fingerprint density at radius 1 is 1.00 bits per heavy atom. The van der Waals surface area contributed by atoms with Crippen LogP contribution in [0, 0.1) is 0 Å². The van der Waals surface area contributed by atoms with Crippen LogP contribution in [0.25, 0.3) is 0 Å². The molecule has 0 unspecified atom stereocenters. The zero-order valence-corrected chi connectivity index (χ0v) is 12.1. The average molecular weight is 293 g/mol. The van der Waals surface area contributed by atoms with E-state index < -0.39 is 0 Å². The summed E-state index contributed by atoms with van der Waals surface area (Å²) < 4.78 is 0. The molecule has 5 N–H and O–H groups in total. The van der Waals surface area contributed by atoms with Crippen molar-refractivity contribution in [3.8, 4) is 0 Å². The molecule has 0 saturated carbocycles. The van der Waals surface area contributed by atoms with Gasteiger partial charge in [-0.2, -0.15) is 15.0 Å². The largest absolute Gasteiger partial charge is 0.383 e. The standard InChI is InChI=1S/C10H15N9S/c1-13-7-16-8(19(2)3)18-10(17-7)20-9-14-5(11)4-6(12)15-9/h4H,1-3H3,(H4,11,12,14,15)(H,13,16,17,18). The molecule has 20 heavy (non-hydrogen) atoms. The average Bonchev–Trinajstić information content (AvgIpc) is 2.36. The van der Waals surface area contributed by atoms with Crippen molar-refractivity contribution in [2.45, 2.75) is 10.3 Å². The van der Waals surface area contributed by atoms with Crippen LogP contribution in [-0.4, -0.2) is 46.1 Å². The van der Waals surface area contributed by atoms with E-state index in [4.69, 9.17) is 11.5 Å². The predicted octanol–water partition coefficient (Wildman–Crippen LogP) is 0.0849. The number of hydrogen-bond donors (Lipinski definition) is 3. The van der Waals surface area contributed by atoms with Gasteiger partial charge >= 0.3 is 0 Å². The number of nitrogen functional groups attached to an aromatic ring is 2. The van der Waals surface area contributed by atoms with E-state index >= 15 is 0 Å². The van der Waals surface area contributed by atoms with Gasteiger partial charge < -0.3 is 21.7 Å². The number of nitrogens with zero attached hydrogens (tertiary/aromatic N) is 6. The van der Waals surface area contributed by atoms with Gasteiger partial charge in [0.2, 0.25) is 17.1 Å². The van der Waals surface area contributed by atoms with Gasteiger partial charge in [-0.1, -0.05) is 0 Å². The Morgan fingerprint density at radius 2 is 1.60 bits per heavy atom. The number of aromatic nitrogens is 5. The van der Waals surface area contributed by atoms with Gasteiger partial charge in [-0.25, -0.2) is 9.97 Å². The minimum Gasteiger partial charge on any atom is -0.383 e. The summed E-state index contributed by atoms with van der Waals surface area (Å²) in [6.07, 6.45) is 0. The van der Waals surface area contributed by atoms with Gasteiger partial charge in [0.25, 0.3) is 0 Å². The van der Waals surface area contributed by atoms with Crippen molar-refractivity contribution in [3.05, 3.63) is 6.07 Å². The molecule has 0 fully saturated rings. The highest BCUT2D eigenvalue weighted by Gasteiger charge is 2.11. The molecule has 2 aromatic rings. The van der Waals surface area contributed by atoms with E-state index in [1.807, 2.05) is 14.1 Å². The van der Waals surface area contributed by atoms with Gasteiger partial charge in [0.05, 0.1) is 0 Å². The Bertz CT molecular complexity index is 595. The molecule has 0 aliphatic rings. The van der Waals surface area contributed by atoms with Gasteiger partial charge in [0, 0.05) is 27.2 Å². The van der Waals surface area contributed by atoms with Crippen LogP contribution in [0.1, 0.15) is 0 Å². The minimum atomic E-state index is 0.302. The van der Waals surface area contributed by atoms with Crippen molar-refractivity contribution in [3.63, 3.8) is 0 Å². The second kappa shape index (κ2) is 5.74.